The molecule has 1 saturated heterocycles. The number of morpholine rings is 1. The van der Waals surface area contributed by atoms with Crippen LogP contribution >= 0.6 is 0 Å². The van der Waals surface area contributed by atoms with Crippen molar-refractivity contribution in [2.45, 2.75) is 32.6 Å². The number of hydrogen-bond donors (Lipinski definition) is 0. The minimum Gasteiger partial charge on any atom is -0.495 e. The molecule has 0 bridgehead atoms. The van der Waals surface area contributed by atoms with Gasteiger partial charge in [-0.2, -0.15) is 0 Å². The van der Waals surface area contributed by atoms with Gasteiger partial charge in [0.2, 0.25) is 11.6 Å². The Kier molecular flexibility index (Phi) is 5.08. The van der Waals surface area contributed by atoms with Crippen molar-refractivity contribution in [1.29, 1.82) is 0 Å². The highest BCUT2D eigenvalue weighted by Crippen LogP contribution is 2.39. The molecular formula is C25H25FN4O3. The maximum atomic E-state index is 13.5. The molecule has 5 rings (SSSR count). The molecule has 8 heteroatoms. The maximum Gasteiger partial charge on any atom is 0.234 e. The largest absolute Gasteiger partial charge is 0.495 e. The first-order chi connectivity index (χ1) is 15.9. The number of ether oxygens (including phenoxy) is 2. The molecule has 0 N–H and O–H groups in total. The van der Waals surface area contributed by atoms with Crippen molar-refractivity contribution in [2.24, 2.45) is 5.16 Å². The molecule has 7 nitrogen and oxygen atoms in total. The summed E-state index contributed by atoms with van der Waals surface area (Å²) >= 11 is 0. The molecular weight excluding hydrogens is 423 g/mol. The number of nitrogens with zero attached hydrogens (tertiary/aromatic N) is 4. The summed E-state index contributed by atoms with van der Waals surface area (Å²) in [6, 6.07) is 12.2. The summed E-state index contributed by atoms with van der Waals surface area (Å²) in [6.07, 6.45) is 5.54. The van der Waals surface area contributed by atoms with E-state index in [2.05, 4.69) is 15.0 Å². The predicted octanol–water partition coefficient (Wildman–Crippen LogP) is 4.61. The number of fused-ring (bicyclic) bond motifs is 1. The van der Waals surface area contributed by atoms with Crippen molar-refractivity contribution >= 4 is 11.9 Å². The van der Waals surface area contributed by atoms with Crippen molar-refractivity contribution < 1.29 is 18.7 Å². The number of hydrogen-bond acceptors (Lipinski definition) is 6. The molecule has 1 aromatic heterocycles. The number of methoxy groups -OCH3 is 1. The molecule has 2 aliphatic rings. The van der Waals surface area contributed by atoms with Gasteiger partial charge in [0.05, 0.1) is 31.4 Å². The smallest absolute Gasteiger partial charge is 0.234 e. The number of benzene rings is 2. The van der Waals surface area contributed by atoms with Crippen LogP contribution in [-0.4, -0.2) is 40.0 Å². The van der Waals surface area contributed by atoms with Crippen LogP contribution in [-0.2, 0) is 15.3 Å². The van der Waals surface area contributed by atoms with Crippen molar-refractivity contribution in [1.82, 2.24) is 14.5 Å². The average molecular weight is 448 g/mol. The number of aryl methyl sites for hydroxylation is 1. The number of amidine groups is 1. The van der Waals surface area contributed by atoms with Crippen LogP contribution in [0, 0.1) is 12.7 Å². The van der Waals surface area contributed by atoms with Gasteiger partial charge in [-0.3, -0.25) is 0 Å². The SMILES string of the molecule is COc1cc(C=C2O[C@@H](C)CN3C2=NO[C@]3(C)c2ccc(F)cc2)ccc1-n1cnc(C)c1. The van der Waals surface area contributed by atoms with E-state index in [1.54, 1.807) is 25.6 Å². The van der Waals surface area contributed by atoms with E-state index in [0.29, 0.717) is 23.9 Å². The fraction of sp³-hybridized carbons (Fsp3) is 0.280. The lowest BCUT2D eigenvalue weighted by Crippen LogP contribution is -2.51. The third-order valence-corrected chi connectivity index (χ3v) is 5.94. The standard InChI is InChI=1S/C25H25FN4O3/c1-16-13-29(15-27-16)21-10-5-18(11-22(21)31-4)12-23-24-28-33-25(3,30(24)14-17(2)32-23)19-6-8-20(26)9-7-19/h5-13,15,17H,14H2,1-4H3/t17-,25+/m0/s1. The number of imidazole rings is 1. The Morgan fingerprint density at radius 1 is 1.21 bits per heavy atom. The third kappa shape index (κ3) is 3.71. The lowest BCUT2D eigenvalue weighted by Gasteiger charge is -2.39. The minimum atomic E-state index is -0.846. The van der Waals surface area contributed by atoms with Gasteiger partial charge in [-0.15, -0.1) is 0 Å². The van der Waals surface area contributed by atoms with Crippen LogP contribution < -0.4 is 4.74 Å². The molecule has 2 aliphatic heterocycles. The lowest BCUT2D eigenvalue weighted by atomic mass is 10.0. The molecule has 3 aromatic rings. The van der Waals surface area contributed by atoms with Crippen molar-refractivity contribution in [3.8, 4) is 11.4 Å². The van der Waals surface area contributed by atoms with E-state index in [0.717, 1.165) is 22.5 Å². The van der Waals surface area contributed by atoms with Gasteiger partial charge in [0.25, 0.3) is 0 Å². The number of aromatic nitrogens is 2. The Bertz CT molecular complexity index is 1250. The fourth-order valence-electron chi connectivity index (χ4n) is 4.20. The molecule has 170 valence electrons. The predicted molar refractivity (Wildman–Crippen MR) is 122 cm³/mol. The van der Waals surface area contributed by atoms with Crippen molar-refractivity contribution in [3.05, 3.63) is 83.4 Å². The zero-order valence-electron chi connectivity index (χ0n) is 18.9. The van der Waals surface area contributed by atoms with Crippen LogP contribution in [0.5, 0.6) is 5.75 Å². The van der Waals surface area contributed by atoms with Gasteiger partial charge in [-0.1, -0.05) is 23.4 Å². The van der Waals surface area contributed by atoms with Gasteiger partial charge >= 0.3 is 0 Å². The third-order valence-electron chi connectivity index (χ3n) is 5.94. The molecule has 33 heavy (non-hydrogen) atoms. The topological polar surface area (TPSA) is 61.1 Å². The van der Waals surface area contributed by atoms with E-state index < -0.39 is 5.72 Å². The Morgan fingerprint density at radius 2 is 2.00 bits per heavy atom. The molecule has 0 saturated carbocycles. The molecule has 2 aromatic carbocycles. The van der Waals surface area contributed by atoms with Crippen LogP contribution in [0.25, 0.3) is 11.8 Å². The molecule has 0 unspecified atom stereocenters. The molecule has 0 spiro atoms. The minimum absolute atomic E-state index is 0.0910. The van der Waals surface area contributed by atoms with Gasteiger partial charge < -0.3 is 23.8 Å². The molecule has 0 aliphatic carbocycles. The Labute approximate surface area is 191 Å². The van der Waals surface area contributed by atoms with E-state index in [1.165, 1.54) is 12.1 Å². The molecule has 2 atom stereocenters. The summed E-state index contributed by atoms with van der Waals surface area (Å²) in [4.78, 5) is 12.2. The number of halogens is 1. The van der Waals surface area contributed by atoms with E-state index in [4.69, 9.17) is 14.3 Å². The summed E-state index contributed by atoms with van der Waals surface area (Å²) in [5.41, 5.74) is 2.69. The zero-order valence-corrected chi connectivity index (χ0v) is 18.9. The second-order valence-electron chi connectivity index (χ2n) is 8.40. The fourth-order valence-corrected chi connectivity index (χ4v) is 4.20. The highest BCUT2D eigenvalue weighted by atomic mass is 19.1. The quantitative estimate of drug-likeness (QED) is 0.584. The van der Waals surface area contributed by atoms with Crippen LogP contribution in [0.1, 0.15) is 30.7 Å². The maximum absolute atomic E-state index is 13.5. The highest BCUT2D eigenvalue weighted by molar-refractivity contribution is 6.01. The van der Waals surface area contributed by atoms with E-state index >= 15 is 0 Å². The van der Waals surface area contributed by atoms with Gasteiger partial charge in [-0.05, 0) is 49.8 Å². The van der Waals surface area contributed by atoms with E-state index in [-0.39, 0.29) is 11.9 Å². The first kappa shape index (κ1) is 21.1. The molecule has 0 radical (unpaired) electrons. The molecule has 0 amide bonds. The van der Waals surface area contributed by atoms with Gasteiger partial charge in [0, 0.05) is 18.7 Å². The van der Waals surface area contributed by atoms with Crippen LogP contribution in [0.2, 0.25) is 0 Å². The normalized spacial score (nSPS) is 23.1. The average Bonchev–Trinajstić information content (AvgIpc) is 3.38. The number of oxime groups is 1. The Hall–Kier alpha value is -3.81. The van der Waals surface area contributed by atoms with E-state index in [9.17, 15) is 4.39 Å². The summed E-state index contributed by atoms with van der Waals surface area (Å²) in [5, 5.41) is 4.34. The molecule has 1 fully saturated rings. The summed E-state index contributed by atoms with van der Waals surface area (Å²) in [5.74, 6) is 1.63. The second-order valence-corrected chi connectivity index (χ2v) is 8.40. The summed E-state index contributed by atoms with van der Waals surface area (Å²) in [6.45, 7) is 6.46. The van der Waals surface area contributed by atoms with Gasteiger partial charge in [-0.25, -0.2) is 9.37 Å². The lowest BCUT2D eigenvalue weighted by molar-refractivity contribution is -0.104. The monoisotopic (exact) mass is 448 g/mol. The van der Waals surface area contributed by atoms with Gasteiger partial charge in [0.1, 0.15) is 17.7 Å². The first-order valence-corrected chi connectivity index (χ1v) is 10.7. The van der Waals surface area contributed by atoms with Gasteiger partial charge in [0.15, 0.2) is 5.76 Å². The summed E-state index contributed by atoms with van der Waals surface area (Å²) < 4.78 is 27.2. The van der Waals surface area contributed by atoms with Crippen LogP contribution in [0.4, 0.5) is 4.39 Å². The van der Waals surface area contributed by atoms with Crippen molar-refractivity contribution in [3.63, 3.8) is 0 Å². The zero-order chi connectivity index (χ0) is 23.2. The van der Waals surface area contributed by atoms with Crippen molar-refractivity contribution in [2.75, 3.05) is 13.7 Å². The first-order valence-electron chi connectivity index (χ1n) is 10.7. The highest BCUT2D eigenvalue weighted by Gasteiger charge is 2.48. The summed E-state index contributed by atoms with van der Waals surface area (Å²) in [7, 11) is 1.64. The number of rotatable bonds is 4. The van der Waals surface area contributed by atoms with Crippen LogP contribution in [0.3, 0.4) is 0 Å². The Morgan fingerprint density at radius 3 is 2.70 bits per heavy atom. The van der Waals surface area contributed by atoms with E-state index in [1.807, 2.05) is 55.8 Å². The molecule has 3 heterocycles. The Balaban J connectivity index is 1.48. The van der Waals surface area contributed by atoms with Crippen LogP contribution in [0.15, 0.2) is 65.9 Å². The second kappa shape index (κ2) is 7.95.